The van der Waals surface area contributed by atoms with Crippen LogP contribution in [0.2, 0.25) is 0 Å². The first-order chi connectivity index (χ1) is 16.8. The minimum absolute atomic E-state index is 0.460. The number of hydrogen-bond donors (Lipinski definition) is 2. The van der Waals surface area contributed by atoms with Crippen LogP contribution in [0.4, 0.5) is 0 Å². The molecule has 0 atom stereocenters. The Morgan fingerprint density at radius 1 is 0.441 bits per heavy atom. The lowest BCUT2D eigenvalue weighted by atomic mass is 10.1. The Kier molecular flexibility index (Phi) is 31.2. The summed E-state index contributed by atoms with van der Waals surface area (Å²) in [7, 11) is -2.35. The molecule has 0 bridgehead atoms. The van der Waals surface area contributed by atoms with E-state index in [-0.39, 0.29) is 0 Å². The molecule has 0 saturated heterocycles. The summed E-state index contributed by atoms with van der Waals surface area (Å²) in [6, 6.07) is 0. The minimum atomic E-state index is -2.35. The zero-order valence-corrected chi connectivity index (χ0v) is 24.1. The number of hydrogen-bond acceptors (Lipinski definition) is 5. The largest absolute Gasteiger partial charge is 0.319 e. The highest BCUT2D eigenvalue weighted by Gasteiger charge is 2.00. The van der Waals surface area contributed by atoms with Crippen LogP contribution in [0.25, 0.3) is 0 Å². The van der Waals surface area contributed by atoms with Gasteiger partial charge in [0, 0.05) is 13.1 Å². The molecule has 2 N–H and O–H groups in total. The summed E-state index contributed by atoms with van der Waals surface area (Å²) in [6.07, 6.45) is 27.2. The smallest absolute Gasteiger partial charge is 0.314 e. The van der Waals surface area contributed by atoms with E-state index in [1.54, 1.807) is 0 Å². The van der Waals surface area contributed by atoms with Gasteiger partial charge in [0.05, 0.1) is 13.2 Å². The van der Waals surface area contributed by atoms with Crippen molar-refractivity contribution in [2.24, 2.45) is 0 Å². The van der Waals surface area contributed by atoms with Crippen LogP contribution in [0, 0.1) is 0 Å². The molecular weight excluding hydrogens is 443 g/mol. The minimum Gasteiger partial charge on any atom is -0.314 e. The van der Waals surface area contributed by atoms with E-state index in [2.05, 4.69) is 24.5 Å². The van der Waals surface area contributed by atoms with Gasteiger partial charge in [-0.25, -0.2) is 0 Å². The number of unbranched alkanes of at least 4 members (excludes halogenated alkanes) is 18. The van der Waals surface area contributed by atoms with Crippen LogP contribution in [-0.4, -0.2) is 39.4 Å². The molecule has 0 aliphatic heterocycles. The third-order valence-electron chi connectivity index (χ3n) is 6.41. The van der Waals surface area contributed by atoms with Gasteiger partial charge < -0.3 is 19.7 Å². The van der Waals surface area contributed by atoms with E-state index in [9.17, 15) is 4.57 Å². The normalized spacial score (nSPS) is 11.6. The first kappa shape index (κ1) is 34.1. The summed E-state index contributed by atoms with van der Waals surface area (Å²) in [5, 5.41) is 6.74. The molecule has 0 saturated carbocycles. The van der Waals surface area contributed by atoms with Crippen molar-refractivity contribution < 1.29 is 13.6 Å². The third-order valence-corrected chi connectivity index (χ3v) is 7.29. The zero-order chi connectivity index (χ0) is 24.8. The van der Waals surface area contributed by atoms with E-state index in [1.807, 2.05) is 0 Å². The van der Waals surface area contributed by atoms with Gasteiger partial charge in [-0.2, -0.15) is 0 Å². The second-order valence-corrected chi connectivity index (χ2v) is 10.9. The van der Waals surface area contributed by atoms with Crippen molar-refractivity contribution in [3.8, 4) is 0 Å². The average Bonchev–Trinajstić information content (AvgIpc) is 2.84. The first-order valence-electron chi connectivity index (χ1n) is 15.0. The Morgan fingerprint density at radius 3 is 1.06 bits per heavy atom. The monoisotopic (exact) mass is 504 g/mol. The molecule has 0 aromatic heterocycles. The first-order valence-corrected chi connectivity index (χ1v) is 16.2. The van der Waals surface area contributed by atoms with E-state index in [4.69, 9.17) is 9.05 Å². The molecule has 0 radical (unpaired) electrons. The van der Waals surface area contributed by atoms with Crippen LogP contribution >= 0.6 is 8.25 Å². The second kappa shape index (κ2) is 31.1. The van der Waals surface area contributed by atoms with Crippen molar-refractivity contribution in [2.45, 2.75) is 142 Å². The van der Waals surface area contributed by atoms with Gasteiger partial charge in [0.25, 0.3) is 0 Å². The molecule has 0 heterocycles. The summed E-state index contributed by atoms with van der Waals surface area (Å²) in [5.74, 6) is 0. The Morgan fingerprint density at radius 2 is 0.735 bits per heavy atom. The zero-order valence-electron chi connectivity index (χ0n) is 23.1. The molecular formula is C28H61N2O3P. The molecule has 0 aliphatic carbocycles. The van der Waals surface area contributed by atoms with Crippen LogP contribution in [-0.2, 0) is 13.6 Å². The molecule has 0 amide bonds. The fourth-order valence-corrected chi connectivity index (χ4v) is 4.80. The Balaban J connectivity index is 3.14. The molecule has 0 aromatic rings. The molecule has 206 valence electrons. The highest BCUT2D eigenvalue weighted by Crippen LogP contribution is 2.22. The van der Waals surface area contributed by atoms with Crippen LogP contribution in [0.5, 0.6) is 0 Å². The molecule has 5 nitrogen and oxygen atoms in total. The summed E-state index contributed by atoms with van der Waals surface area (Å²) in [6.45, 7) is 8.99. The fourth-order valence-electron chi connectivity index (χ4n) is 4.18. The summed E-state index contributed by atoms with van der Waals surface area (Å²) >= 11 is 0. The molecule has 0 aliphatic rings. The summed E-state index contributed by atoms with van der Waals surface area (Å²) < 4.78 is 22.3. The number of nitrogens with one attached hydrogen (secondary N) is 2. The van der Waals surface area contributed by atoms with Crippen LogP contribution in [0.15, 0.2) is 0 Å². The lowest BCUT2D eigenvalue weighted by molar-refractivity contribution is 0.225. The van der Waals surface area contributed by atoms with Gasteiger partial charge in [-0.15, -0.1) is 0 Å². The SMILES string of the molecule is CCCCCCCCCCCCNCCO[PH](=O)OCCNCCCCCCCCCCCC. The van der Waals surface area contributed by atoms with Gasteiger partial charge in [0.1, 0.15) is 0 Å². The van der Waals surface area contributed by atoms with Gasteiger partial charge >= 0.3 is 8.25 Å². The van der Waals surface area contributed by atoms with Gasteiger partial charge in [-0.05, 0) is 25.9 Å². The maximum atomic E-state index is 11.8. The van der Waals surface area contributed by atoms with Crippen molar-refractivity contribution in [1.82, 2.24) is 10.6 Å². The van der Waals surface area contributed by atoms with Gasteiger partial charge in [-0.1, -0.05) is 129 Å². The number of rotatable bonds is 30. The maximum absolute atomic E-state index is 11.8. The summed E-state index contributed by atoms with van der Waals surface area (Å²) in [5.41, 5.74) is 0. The van der Waals surface area contributed by atoms with E-state index >= 15 is 0 Å². The van der Waals surface area contributed by atoms with Crippen LogP contribution in [0.1, 0.15) is 142 Å². The Labute approximate surface area is 214 Å². The standard InChI is InChI=1S/C28H61N2O3P/c1-3-5-7-9-11-13-15-17-19-21-23-29-25-27-32-34(31)33-28-26-30-24-22-20-18-16-14-12-10-8-6-4-2/h29-30,34H,3-28H2,1-2H3. The molecule has 0 spiro atoms. The molecule has 0 fully saturated rings. The topological polar surface area (TPSA) is 59.6 Å². The van der Waals surface area contributed by atoms with Crippen LogP contribution in [0.3, 0.4) is 0 Å². The molecule has 0 rings (SSSR count). The third kappa shape index (κ3) is 30.1. The van der Waals surface area contributed by atoms with E-state index in [0.29, 0.717) is 13.2 Å². The Bertz CT molecular complexity index is 366. The Hall–Kier alpha value is 0.0700. The lowest BCUT2D eigenvalue weighted by Crippen LogP contribution is -2.21. The van der Waals surface area contributed by atoms with Gasteiger partial charge in [0.15, 0.2) is 0 Å². The summed E-state index contributed by atoms with van der Waals surface area (Å²) in [4.78, 5) is 0. The van der Waals surface area contributed by atoms with Gasteiger partial charge in [0.2, 0.25) is 0 Å². The van der Waals surface area contributed by atoms with E-state index < -0.39 is 8.25 Å². The second-order valence-electron chi connectivity index (χ2n) is 9.81. The molecule has 6 heteroatoms. The van der Waals surface area contributed by atoms with Crippen molar-refractivity contribution in [1.29, 1.82) is 0 Å². The predicted octanol–water partition coefficient (Wildman–Crippen LogP) is 8.43. The fraction of sp³-hybridized carbons (Fsp3) is 1.00. The predicted molar refractivity (Wildman–Crippen MR) is 150 cm³/mol. The van der Waals surface area contributed by atoms with E-state index in [1.165, 1.54) is 128 Å². The highest BCUT2D eigenvalue weighted by atomic mass is 31.1. The van der Waals surface area contributed by atoms with Crippen molar-refractivity contribution in [3.05, 3.63) is 0 Å². The lowest BCUT2D eigenvalue weighted by Gasteiger charge is -2.08. The molecule has 34 heavy (non-hydrogen) atoms. The highest BCUT2D eigenvalue weighted by molar-refractivity contribution is 7.33. The quantitative estimate of drug-likeness (QED) is 0.0759. The molecule has 0 unspecified atom stereocenters. The van der Waals surface area contributed by atoms with Crippen molar-refractivity contribution in [2.75, 3.05) is 39.4 Å². The van der Waals surface area contributed by atoms with E-state index in [0.717, 1.165) is 26.2 Å². The van der Waals surface area contributed by atoms with Crippen molar-refractivity contribution >= 4 is 8.25 Å². The van der Waals surface area contributed by atoms with Gasteiger partial charge in [-0.3, -0.25) is 4.57 Å². The maximum Gasteiger partial charge on any atom is 0.319 e. The van der Waals surface area contributed by atoms with Crippen molar-refractivity contribution in [3.63, 3.8) is 0 Å². The van der Waals surface area contributed by atoms with Crippen LogP contribution < -0.4 is 10.6 Å². The average molecular weight is 505 g/mol. The molecule has 0 aromatic carbocycles.